The van der Waals surface area contributed by atoms with E-state index in [-0.39, 0.29) is 13.1 Å². The molecule has 120 valence electrons. The molecular formula is C18H16F3NO. The summed E-state index contributed by atoms with van der Waals surface area (Å²) < 4.78 is 44.9. The van der Waals surface area contributed by atoms with Crippen LogP contribution in [-0.4, -0.2) is 23.8 Å². The SMILES string of the molecule is FC(F)(F)C1O/C(=C\c2ccccc2)CN1Cc1ccccc1. The molecule has 0 N–H and O–H groups in total. The molecule has 1 atom stereocenters. The van der Waals surface area contributed by atoms with Gasteiger partial charge in [-0.25, -0.2) is 4.90 Å². The first-order chi connectivity index (χ1) is 11.0. The summed E-state index contributed by atoms with van der Waals surface area (Å²) in [4.78, 5) is 1.30. The molecule has 1 fully saturated rings. The fraction of sp³-hybridized carbons (Fsp3) is 0.222. The molecule has 2 nitrogen and oxygen atoms in total. The van der Waals surface area contributed by atoms with E-state index in [2.05, 4.69) is 0 Å². The van der Waals surface area contributed by atoms with Gasteiger partial charge in [-0.15, -0.1) is 0 Å². The summed E-state index contributed by atoms with van der Waals surface area (Å²) >= 11 is 0. The van der Waals surface area contributed by atoms with Crippen LogP contribution in [0.3, 0.4) is 0 Å². The second-order valence-electron chi connectivity index (χ2n) is 5.42. The molecule has 5 heteroatoms. The first-order valence-corrected chi connectivity index (χ1v) is 7.29. The fourth-order valence-corrected chi connectivity index (χ4v) is 2.58. The van der Waals surface area contributed by atoms with Crippen LogP contribution in [0, 0.1) is 0 Å². The third kappa shape index (κ3) is 3.93. The smallest absolute Gasteiger partial charge is 0.439 e. The lowest BCUT2D eigenvalue weighted by Crippen LogP contribution is -2.41. The van der Waals surface area contributed by atoms with Gasteiger partial charge in [-0.2, -0.15) is 13.2 Å². The van der Waals surface area contributed by atoms with E-state index in [9.17, 15) is 13.2 Å². The summed E-state index contributed by atoms with van der Waals surface area (Å²) in [7, 11) is 0. The minimum Gasteiger partial charge on any atom is -0.468 e. The molecule has 0 amide bonds. The van der Waals surface area contributed by atoms with Crippen LogP contribution in [0.2, 0.25) is 0 Å². The normalized spacial score (nSPS) is 20.7. The Morgan fingerprint density at radius 1 is 1.00 bits per heavy atom. The Morgan fingerprint density at radius 3 is 2.22 bits per heavy atom. The Morgan fingerprint density at radius 2 is 1.61 bits per heavy atom. The highest BCUT2D eigenvalue weighted by molar-refractivity contribution is 5.51. The summed E-state index contributed by atoms with van der Waals surface area (Å²) in [6, 6.07) is 18.3. The number of benzene rings is 2. The lowest BCUT2D eigenvalue weighted by Gasteiger charge is -2.23. The zero-order valence-electron chi connectivity index (χ0n) is 12.3. The molecule has 0 aromatic heterocycles. The molecule has 0 spiro atoms. The van der Waals surface area contributed by atoms with Gasteiger partial charge in [-0.1, -0.05) is 60.7 Å². The van der Waals surface area contributed by atoms with Crippen molar-refractivity contribution >= 4 is 6.08 Å². The molecule has 0 aliphatic carbocycles. The van der Waals surface area contributed by atoms with Gasteiger partial charge in [0, 0.05) is 6.54 Å². The molecule has 1 unspecified atom stereocenters. The Balaban J connectivity index is 1.81. The molecule has 0 radical (unpaired) electrons. The summed E-state index contributed by atoms with van der Waals surface area (Å²) in [5.41, 5.74) is 1.65. The van der Waals surface area contributed by atoms with E-state index in [0.29, 0.717) is 5.76 Å². The largest absolute Gasteiger partial charge is 0.468 e. The molecule has 23 heavy (non-hydrogen) atoms. The highest BCUT2D eigenvalue weighted by atomic mass is 19.4. The van der Waals surface area contributed by atoms with Crippen molar-refractivity contribution in [3.63, 3.8) is 0 Å². The van der Waals surface area contributed by atoms with Crippen LogP contribution in [0.5, 0.6) is 0 Å². The van der Waals surface area contributed by atoms with Gasteiger partial charge in [0.25, 0.3) is 0 Å². The first kappa shape index (κ1) is 15.6. The number of alkyl halides is 3. The van der Waals surface area contributed by atoms with Gasteiger partial charge in [0.2, 0.25) is 6.23 Å². The zero-order chi connectivity index (χ0) is 16.3. The van der Waals surface area contributed by atoms with Gasteiger partial charge in [0.05, 0.1) is 6.54 Å². The number of ether oxygens (including phenoxy) is 1. The van der Waals surface area contributed by atoms with Crippen molar-refractivity contribution in [3.8, 4) is 0 Å². The predicted molar refractivity (Wildman–Crippen MR) is 82.2 cm³/mol. The van der Waals surface area contributed by atoms with Gasteiger partial charge < -0.3 is 4.74 Å². The summed E-state index contributed by atoms with van der Waals surface area (Å²) in [6.45, 7) is 0.325. The van der Waals surface area contributed by atoms with Gasteiger partial charge in [0.1, 0.15) is 5.76 Å². The molecule has 3 rings (SSSR count). The van der Waals surface area contributed by atoms with E-state index < -0.39 is 12.4 Å². The van der Waals surface area contributed by atoms with Crippen molar-refractivity contribution in [2.75, 3.05) is 6.54 Å². The first-order valence-electron chi connectivity index (χ1n) is 7.29. The van der Waals surface area contributed by atoms with Crippen molar-refractivity contribution in [1.82, 2.24) is 4.90 Å². The molecular weight excluding hydrogens is 303 g/mol. The van der Waals surface area contributed by atoms with E-state index in [4.69, 9.17) is 4.74 Å². The fourth-order valence-electron chi connectivity index (χ4n) is 2.58. The van der Waals surface area contributed by atoms with Crippen LogP contribution in [-0.2, 0) is 11.3 Å². The molecule has 1 aliphatic rings. The number of nitrogens with zero attached hydrogens (tertiary/aromatic N) is 1. The second-order valence-corrected chi connectivity index (χ2v) is 5.42. The Kier molecular flexibility index (Phi) is 4.39. The maximum absolute atomic E-state index is 13.2. The number of rotatable bonds is 3. The van der Waals surface area contributed by atoms with Crippen LogP contribution in [0.4, 0.5) is 13.2 Å². The van der Waals surface area contributed by atoms with E-state index in [1.54, 1.807) is 6.08 Å². The van der Waals surface area contributed by atoms with Gasteiger partial charge in [-0.3, -0.25) is 0 Å². The van der Waals surface area contributed by atoms with Crippen LogP contribution in [0.15, 0.2) is 66.4 Å². The lowest BCUT2D eigenvalue weighted by molar-refractivity contribution is -0.236. The van der Waals surface area contributed by atoms with Crippen LogP contribution >= 0.6 is 0 Å². The minimum atomic E-state index is -4.43. The van der Waals surface area contributed by atoms with E-state index in [1.165, 1.54) is 4.90 Å². The van der Waals surface area contributed by atoms with E-state index in [1.807, 2.05) is 60.7 Å². The average Bonchev–Trinajstić information content (AvgIpc) is 2.92. The third-order valence-corrected chi connectivity index (χ3v) is 3.59. The monoisotopic (exact) mass is 319 g/mol. The van der Waals surface area contributed by atoms with Gasteiger partial charge in [-0.05, 0) is 17.2 Å². The molecule has 2 aromatic rings. The summed E-state index contributed by atoms with van der Waals surface area (Å²) in [5, 5.41) is 0. The molecule has 0 saturated carbocycles. The molecule has 2 aromatic carbocycles. The highest BCUT2D eigenvalue weighted by Gasteiger charge is 2.49. The topological polar surface area (TPSA) is 12.5 Å². The number of hydrogen-bond donors (Lipinski definition) is 0. The van der Waals surface area contributed by atoms with E-state index in [0.717, 1.165) is 11.1 Å². The third-order valence-electron chi connectivity index (χ3n) is 3.59. The van der Waals surface area contributed by atoms with Crippen molar-refractivity contribution in [1.29, 1.82) is 0 Å². The van der Waals surface area contributed by atoms with Crippen molar-refractivity contribution in [2.45, 2.75) is 18.9 Å². The Labute approximate surface area is 132 Å². The maximum atomic E-state index is 13.2. The number of hydrogen-bond acceptors (Lipinski definition) is 2. The van der Waals surface area contributed by atoms with E-state index >= 15 is 0 Å². The molecule has 1 saturated heterocycles. The Bertz CT molecular complexity index is 668. The van der Waals surface area contributed by atoms with Crippen LogP contribution in [0.1, 0.15) is 11.1 Å². The van der Waals surface area contributed by atoms with Gasteiger partial charge in [0.15, 0.2) is 0 Å². The van der Waals surface area contributed by atoms with Gasteiger partial charge >= 0.3 is 6.18 Å². The maximum Gasteiger partial charge on any atom is 0.439 e. The Hall–Kier alpha value is -2.27. The van der Waals surface area contributed by atoms with Crippen molar-refractivity contribution in [2.24, 2.45) is 0 Å². The van der Waals surface area contributed by atoms with Crippen LogP contribution in [0.25, 0.3) is 6.08 Å². The summed E-state index contributed by atoms with van der Waals surface area (Å²) in [6.07, 6.45) is -4.68. The second kappa shape index (κ2) is 6.46. The average molecular weight is 319 g/mol. The zero-order valence-corrected chi connectivity index (χ0v) is 12.3. The predicted octanol–water partition coefficient (Wildman–Crippen LogP) is 4.45. The summed E-state index contributed by atoms with van der Waals surface area (Å²) in [5.74, 6) is 0.328. The van der Waals surface area contributed by atoms with Crippen molar-refractivity contribution in [3.05, 3.63) is 77.5 Å². The number of halogens is 3. The van der Waals surface area contributed by atoms with Crippen molar-refractivity contribution < 1.29 is 17.9 Å². The van der Waals surface area contributed by atoms with Crippen LogP contribution < -0.4 is 0 Å². The minimum absolute atomic E-state index is 0.133. The lowest BCUT2D eigenvalue weighted by atomic mass is 10.2. The quantitative estimate of drug-likeness (QED) is 0.829. The molecule has 1 aliphatic heterocycles. The highest BCUT2D eigenvalue weighted by Crippen LogP contribution is 2.34. The molecule has 1 heterocycles. The molecule has 0 bridgehead atoms. The standard InChI is InChI=1S/C18H16F3NO/c19-18(20,21)17-22(12-15-9-5-2-6-10-15)13-16(23-17)11-14-7-3-1-4-8-14/h1-11,17H,12-13H2/b16-11-.